The van der Waals surface area contributed by atoms with E-state index in [2.05, 4.69) is 37.3 Å². The van der Waals surface area contributed by atoms with E-state index < -0.39 is 0 Å². The molecule has 0 N–H and O–H groups in total. The average molecular weight is 339 g/mol. The van der Waals surface area contributed by atoms with Crippen LogP contribution in [0.1, 0.15) is 5.56 Å². The summed E-state index contributed by atoms with van der Waals surface area (Å²) in [7, 11) is 0. The molecule has 1 aromatic heterocycles. The maximum absolute atomic E-state index is 13.4. The lowest BCUT2D eigenvalue weighted by Gasteiger charge is -2.14. The zero-order chi connectivity index (χ0) is 17.9. The number of hydrogen-bond acceptors (Lipinski definition) is 1. The number of nitrogens with zero attached hydrogens (tertiary/aromatic N) is 1. The lowest BCUT2D eigenvalue weighted by atomic mass is 9.94. The van der Waals surface area contributed by atoms with E-state index in [-0.39, 0.29) is 5.82 Å². The van der Waals surface area contributed by atoms with Crippen LogP contribution >= 0.6 is 0 Å². The smallest absolute Gasteiger partial charge is 0.123 e. The quantitative estimate of drug-likeness (QED) is 0.413. The molecule has 126 valence electrons. The average Bonchev–Trinajstić information content (AvgIpc) is 2.70. The van der Waals surface area contributed by atoms with Crippen LogP contribution < -0.4 is 0 Å². The summed E-state index contributed by atoms with van der Waals surface area (Å²) in [5.41, 5.74) is 7.14. The minimum Gasteiger partial charge on any atom is -0.247 e. The molecule has 0 aliphatic carbocycles. The first-order chi connectivity index (χ1) is 12.7. The van der Waals surface area contributed by atoms with Gasteiger partial charge in [-0.15, -0.1) is 0 Å². The van der Waals surface area contributed by atoms with Crippen molar-refractivity contribution in [3.05, 3.63) is 102 Å². The van der Waals surface area contributed by atoms with Gasteiger partial charge in [0.1, 0.15) is 5.82 Å². The summed E-state index contributed by atoms with van der Waals surface area (Å²) in [4.78, 5) is 4.91. The van der Waals surface area contributed by atoms with Crippen LogP contribution in [0, 0.1) is 12.7 Å². The highest BCUT2D eigenvalue weighted by Gasteiger charge is 2.13. The van der Waals surface area contributed by atoms with Crippen molar-refractivity contribution in [2.45, 2.75) is 6.92 Å². The minimum absolute atomic E-state index is 0.242. The van der Waals surface area contributed by atoms with Crippen LogP contribution in [0.25, 0.3) is 33.6 Å². The predicted molar refractivity (Wildman–Crippen MR) is 105 cm³/mol. The molecule has 0 atom stereocenters. The molecule has 0 radical (unpaired) electrons. The van der Waals surface area contributed by atoms with Gasteiger partial charge in [-0.3, -0.25) is 0 Å². The Kier molecular flexibility index (Phi) is 4.32. The fourth-order valence-electron chi connectivity index (χ4n) is 3.17. The highest BCUT2D eigenvalue weighted by atomic mass is 19.1. The van der Waals surface area contributed by atoms with Gasteiger partial charge in [0.05, 0.1) is 11.4 Å². The number of benzene rings is 3. The molecule has 1 nitrogen and oxygen atoms in total. The van der Waals surface area contributed by atoms with Gasteiger partial charge in [-0.25, -0.2) is 9.37 Å². The van der Waals surface area contributed by atoms with Crippen LogP contribution in [0.5, 0.6) is 0 Å². The Morgan fingerprint density at radius 3 is 1.85 bits per heavy atom. The molecule has 0 bridgehead atoms. The van der Waals surface area contributed by atoms with Crippen molar-refractivity contribution < 1.29 is 4.39 Å². The van der Waals surface area contributed by atoms with E-state index in [1.54, 1.807) is 12.1 Å². The zero-order valence-corrected chi connectivity index (χ0v) is 14.5. The van der Waals surface area contributed by atoms with Crippen LogP contribution in [0.15, 0.2) is 91.0 Å². The summed E-state index contributed by atoms with van der Waals surface area (Å²) in [6.45, 7) is 2.07. The Balaban J connectivity index is 1.97. The standard InChI is InChI=1S/C24H18FN/c1-17-22(18-8-4-2-5-9-18)16-23(19-10-6-3-7-11-19)26-24(17)20-12-14-21(25)15-13-20/h2-16H,1H3. The Morgan fingerprint density at radius 2 is 1.23 bits per heavy atom. The van der Waals surface area contributed by atoms with Gasteiger partial charge in [-0.05, 0) is 53.9 Å². The Bertz CT molecular complexity index is 1020. The molecule has 4 aromatic rings. The van der Waals surface area contributed by atoms with Crippen molar-refractivity contribution >= 4 is 0 Å². The molecule has 3 aromatic carbocycles. The molecular formula is C24H18FN. The summed E-state index contributed by atoms with van der Waals surface area (Å²) in [5.74, 6) is -0.242. The topological polar surface area (TPSA) is 12.9 Å². The number of rotatable bonds is 3. The summed E-state index contributed by atoms with van der Waals surface area (Å²) in [5, 5.41) is 0. The highest BCUT2D eigenvalue weighted by Crippen LogP contribution is 2.34. The second kappa shape index (κ2) is 6.93. The molecule has 0 saturated heterocycles. The highest BCUT2D eigenvalue weighted by molar-refractivity contribution is 5.80. The Labute approximate surface area is 152 Å². The molecule has 0 unspecified atom stereocenters. The van der Waals surface area contributed by atoms with Crippen LogP contribution in [0.3, 0.4) is 0 Å². The third-order valence-corrected chi connectivity index (χ3v) is 4.54. The number of pyridine rings is 1. The summed E-state index contributed by atoms with van der Waals surface area (Å²) < 4.78 is 13.4. The van der Waals surface area contributed by atoms with Crippen LogP contribution in [-0.4, -0.2) is 4.98 Å². The van der Waals surface area contributed by atoms with Crippen molar-refractivity contribution in [3.8, 4) is 33.6 Å². The monoisotopic (exact) mass is 339 g/mol. The van der Waals surface area contributed by atoms with Crippen LogP contribution in [0.4, 0.5) is 4.39 Å². The van der Waals surface area contributed by atoms with Gasteiger partial charge >= 0.3 is 0 Å². The van der Waals surface area contributed by atoms with E-state index in [0.29, 0.717) is 0 Å². The van der Waals surface area contributed by atoms with Crippen molar-refractivity contribution in [2.24, 2.45) is 0 Å². The van der Waals surface area contributed by atoms with E-state index in [1.807, 2.05) is 36.4 Å². The van der Waals surface area contributed by atoms with Gasteiger partial charge in [0.15, 0.2) is 0 Å². The number of hydrogen-bond donors (Lipinski definition) is 0. The van der Waals surface area contributed by atoms with E-state index in [0.717, 1.165) is 39.2 Å². The molecule has 0 aliphatic heterocycles. The second-order valence-corrected chi connectivity index (χ2v) is 6.27. The summed E-state index contributed by atoms with van der Waals surface area (Å²) in [6.07, 6.45) is 0. The number of halogens is 1. The number of aromatic nitrogens is 1. The van der Waals surface area contributed by atoms with Crippen molar-refractivity contribution in [1.29, 1.82) is 0 Å². The molecule has 0 fully saturated rings. The largest absolute Gasteiger partial charge is 0.247 e. The fraction of sp³-hybridized carbons (Fsp3) is 0.0417. The van der Waals surface area contributed by atoms with Gasteiger partial charge in [0, 0.05) is 11.1 Å². The first-order valence-electron chi connectivity index (χ1n) is 8.61. The maximum atomic E-state index is 13.4. The Hall–Kier alpha value is -3.26. The van der Waals surface area contributed by atoms with Gasteiger partial charge in [-0.2, -0.15) is 0 Å². The van der Waals surface area contributed by atoms with Crippen molar-refractivity contribution in [3.63, 3.8) is 0 Å². The normalized spacial score (nSPS) is 10.7. The molecule has 2 heteroatoms. The molecule has 1 heterocycles. The molecule has 0 saturated carbocycles. The van der Waals surface area contributed by atoms with E-state index in [4.69, 9.17) is 4.98 Å². The second-order valence-electron chi connectivity index (χ2n) is 6.27. The van der Waals surface area contributed by atoms with E-state index >= 15 is 0 Å². The summed E-state index contributed by atoms with van der Waals surface area (Å²) >= 11 is 0. The lowest BCUT2D eigenvalue weighted by molar-refractivity contribution is 0.628. The van der Waals surface area contributed by atoms with Crippen molar-refractivity contribution in [1.82, 2.24) is 4.98 Å². The van der Waals surface area contributed by atoms with Gasteiger partial charge in [0.2, 0.25) is 0 Å². The van der Waals surface area contributed by atoms with E-state index in [9.17, 15) is 4.39 Å². The van der Waals surface area contributed by atoms with Crippen LogP contribution in [0.2, 0.25) is 0 Å². The first-order valence-corrected chi connectivity index (χ1v) is 8.61. The molecule has 0 spiro atoms. The molecule has 26 heavy (non-hydrogen) atoms. The Morgan fingerprint density at radius 1 is 0.654 bits per heavy atom. The van der Waals surface area contributed by atoms with Gasteiger partial charge in [0.25, 0.3) is 0 Å². The third-order valence-electron chi connectivity index (χ3n) is 4.54. The first kappa shape index (κ1) is 16.2. The molecular weight excluding hydrogens is 321 g/mol. The summed E-state index contributed by atoms with van der Waals surface area (Å²) in [6, 6.07) is 29.1. The van der Waals surface area contributed by atoms with Crippen LogP contribution in [-0.2, 0) is 0 Å². The lowest BCUT2D eigenvalue weighted by Crippen LogP contribution is -1.96. The minimum atomic E-state index is -0.242. The third kappa shape index (κ3) is 3.14. The molecule has 0 amide bonds. The SMILES string of the molecule is Cc1c(-c2ccccc2)cc(-c2ccccc2)nc1-c1ccc(F)cc1. The van der Waals surface area contributed by atoms with Crippen molar-refractivity contribution in [2.75, 3.05) is 0 Å². The van der Waals surface area contributed by atoms with E-state index in [1.165, 1.54) is 12.1 Å². The fourth-order valence-corrected chi connectivity index (χ4v) is 3.17. The zero-order valence-electron chi connectivity index (χ0n) is 14.5. The predicted octanol–water partition coefficient (Wildman–Crippen LogP) is 6.53. The molecule has 4 rings (SSSR count). The maximum Gasteiger partial charge on any atom is 0.123 e. The van der Waals surface area contributed by atoms with Gasteiger partial charge in [-0.1, -0.05) is 60.7 Å². The molecule has 0 aliphatic rings. The van der Waals surface area contributed by atoms with Gasteiger partial charge < -0.3 is 0 Å².